The summed E-state index contributed by atoms with van der Waals surface area (Å²) in [5.74, 6) is -1.31. The number of unbranched alkanes of at least 4 members (excludes halogenated alkanes) is 1. The van der Waals surface area contributed by atoms with Crippen molar-refractivity contribution in [3.63, 3.8) is 0 Å². The SMILES string of the molecule is CCCCC(C)NS(=O)(=O)c1cc(C(=O)O)c(Cl)cc1Cl. The van der Waals surface area contributed by atoms with E-state index in [0.717, 1.165) is 25.0 Å². The van der Waals surface area contributed by atoms with Crippen molar-refractivity contribution in [3.8, 4) is 0 Å². The first-order chi connectivity index (χ1) is 9.69. The zero-order valence-electron chi connectivity index (χ0n) is 11.7. The second-order valence-electron chi connectivity index (χ2n) is 4.73. The summed E-state index contributed by atoms with van der Waals surface area (Å²) in [6.45, 7) is 3.76. The van der Waals surface area contributed by atoms with Crippen LogP contribution in [0.3, 0.4) is 0 Å². The van der Waals surface area contributed by atoms with Crippen molar-refractivity contribution in [2.24, 2.45) is 0 Å². The average molecular weight is 354 g/mol. The molecule has 1 aromatic rings. The minimum absolute atomic E-state index is 0.106. The topological polar surface area (TPSA) is 83.5 Å². The number of hydrogen-bond donors (Lipinski definition) is 2. The van der Waals surface area contributed by atoms with E-state index in [1.54, 1.807) is 6.92 Å². The summed E-state index contributed by atoms with van der Waals surface area (Å²) in [6.07, 6.45) is 2.53. The van der Waals surface area contributed by atoms with Crippen LogP contribution in [0.4, 0.5) is 0 Å². The summed E-state index contributed by atoms with van der Waals surface area (Å²) in [4.78, 5) is 10.7. The van der Waals surface area contributed by atoms with Crippen molar-refractivity contribution in [1.29, 1.82) is 0 Å². The molecule has 0 fully saturated rings. The van der Waals surface area contributed by atoms with E-state index in [4.69, 9.17) is 28.3 Å². The molecule has 1 rings (SSSR count). The fraction of sp³-hybridized carbons (Fsp3) is 0.462. The van der Waals surface area contributed by atoms with Crippen LogP contribution in [0.2, 0.25) is 10.0 Å². The number of halogens is 2. The number of carbonyl (C=O) groups is 1. The molecule has 0 amide bonds. The Morgan fingerprint density at radius 1 is 1.33 bits per heavy atom. The van der Waals surface area contributed by atoms with Gasteiger partial charge >= 0.3 is 5.97 Å². The van der Waals surface area contributed by atoms with E-state index in [1.165, 1.54) is 0 Å². The number of hydrogen-bond acceptors (Lipinski definition) is 3. The van der Waals surface area contributed by atoms with Crippen LogP contribution in [-0.2, 0) is 10.0 Å². The summed E-state index contributed by atoms with van der Waals surface area (Å²) < 4.78 is 27.0. The molecule has 2 N–H and O–H groups in total. The standard InChI is InChI=1S/C13H17Cl2NO4S/c1-3-4-5-8(2)16-21(19,20)12-6-9(13(17)18)10(14)7-11(12)15/h6-8,16H,3-5H2,1-2H3,(H,17,18). The smallest absolute Gasteiger partial charge is 0.337 e. The van der Waals surface area contributed by atoms with Gasteiger partial charge < -0.3 is 5.11 Å². The van der Waals surface area contributed by atoms with Gasteiger partial charge in [-0.1, -0.05) is 43.0 Å². The van der Waals surface area contributed by atoms with Crippen molar-refractivity contribution >= 4 is 39.2 Å². The Labute approximate surface area is 134 Å². The summed E-state index contributed by atoms with van der Waals surface area (Å²) in [7, 11) is -3.90. The number of aromatic carboxylic acids is 1. The van der Waals surface area contributed by atoms with Crippen LogP contribution < -0.4 is 4.72 Å². The third kappa shape index (κ3) is 4.85. The minimum atomic E-state index is -3.90. The number of nitrogens with one attached hydrogen (secondary N) is 1. The van der Waals surface area contributed by atoms with Crippen molar-refractivity contribution in [1.82, 2.24) is 4.72 Å². The van der Waals surface area contributed by atoms with Crippen LogP contribution in [0.15, 0.2) is 17.0 Å². The quantitative estimate of drug-likeness (QED) is 0.784. The maximum absolute atomic E-state index is 12.3. The number of benzene rings is 1. The number of carboxylic acid groups (broad SMARTS) is 1. The van der Waals surface area contributed by atoms with Gasteiger partial charge in [0.25, 0.3) is 0 Å². The van der Waals surface area contributed by atoms with E-state index in [-0.39, 0.29) is 26.5 Å². The van der Waals surface area contributed by atoms with Gasteiger partial charge in [0.15, 0.2) is 0 Å². The normalized spacial score (nSPS) is 13.1. The Hall–Kier alpha value is -0.820. The summed E-state index contributed by atoms with van der Waals surface area (Å²) in [6, 6.07) is 1.83. The summed E-state index contributed by atoms with van der Waals surface area (Å²) >= 11 is 11.6. The summed E-state index contributed by atoms with van der Waals surface area (Å²) in [5.41, 5.74) is -0.303. The maximum atomic E-state index is 12.3. The predicted octanol–water partition coefficient (Wildman–Crippen LogP) is 3.55. The highest BCUT2D eigenvalue weighted by atomic mass is 35.5. The summed E-state index contributed by atoms with van der Waals surface area (Å²) in [5, 5.41) is 8.79. The second-order valence-corrected chi connectivity index (χ2v) is 7.23. The van der Waals surface area contributed by atoms with Crippen LogP contribution in [0.1, 0.15) is 43.5 Å². The molecule has 0 spiro atoms. The Morgan fingerprint density at radius 3 is 2.48 bits per heavy atom. The lowest BCUT2D eigenvalue weighted by Crippen LogP contribution is -2.32. The lowest BCUT2D eigenvalue weighted by atomic mass is 10.2. The largest absolute Gasteiger partial charge is 0.478 e. The Kier molecular flexibility index (Phi) is 6.46. The fourth-order valence-electron chi connectivity index (χ4n) is 1.80. The van der Waals surface area contributed by atoms with E-state index in [1.807, 2.05) is 6.92 Å². The van der Waals surface area contributed by atoms with E-state index in [0.29, 0.717) is 6.42 Å². The lowest BCUT2D eigenvalue weighted by molar-refractivity contribution is 0.0697. The molecule has 5 nitrogen and oxygen atoms in total. The molecule has 0 aliphatic heterocycles. The van der Waals surface area contributed by atoms with Gasteiger partial charge in [0.2, 0.25) is 10.0 Å². The van der Waals surface area contributed by atoms with Crippen LogP contribution in [-0.4, -0.2) is 25.5 Å². The van der Waals surface area contributed by atoms with Gasteiger partial charge in [0, 0.05) is 6.04 Å². The molecule has 0 aromatic heterocycles. The molecule has 0 heterocycles. The zero-order chi connectivity index (χ0) is 16.2. The first kappa shape index (κ1) is 18.2. The first-order valence-corrected chi connectivity index (χ1v) is 8.67. The molecule has 0 aliphatic rings. The van der Waals surface area contributed by atoms with Crippen LogP contribution in [0, 0.1) is 0 Å². The third-order valence-corrected chi connectivity index (χ3v) is 5.26. The van der Waals surface area contributed by atoms with Gasteiger partial charge in [-0.3, -0.25) is 0 Å². The molecule has 118 valence electrons. The molecule has 1 unspecified atom stereocenters. The molecular weight excluding hydrogens is 337 g/mol. The van der Waals surface area contributed by atoms with Gasteiger partial charge in [0.05, 0.1) is 15.6 Å². The molecule has 0 saturated heterocycles. The number of sulfonamides is 1. The van der Waals surface area contributed by atoms with Crippen LogP contribution >= 0.6 is 23.2 Å². The second kappa shape index (κ2) is 7.45. The van der Waals surface area contributed by atoms with Gasteiger partial charge in [0.1, 0.15) is 4.90 Å². The number of carboxylic acids is 1. The highest BCUT2D eigenvalue weighted by Gasteiger charge is 2.23. The minimum Gasteiger partial charge on any atom is -0.478 e. The van der Waals surface area contributed by atoms with E-state index < -0.39 is 16.0 Å². The van der Waals surface area contributed by atoms with Crippen molar-refractivity contribution in [2.45, 2.75) is 44.0 Å². The fourth-order valence-corrected chi connectivity index (χ4v) is 3.93. The Bertz CT molecular complexity index is 631. The predicted molar refractivity (Wildman–Crippen MR) is 82.7 cm³/mol. The van der Waals surface area contributed by atoms with Gasteiger partial charge in [-0.25, -0.2) is 17.9 Å². The van der Waals surface area contributed by atoms with E-state index in [2.05, 4.69) is 4.72 Å². The molecular formula is C13H17Cl2NO4S. The van der Waals surface area contributed by atoms with Crippen LogP contribution in [0.5, 0.6) is 0 Å². The Morgan fingerprint density at radius 2 is 1.95 bits per heavy atom. The molecule has 8 heteroatoms. The third-order valence-electron chi connectivity index (χ3n) is 2.89. The van der Waals surface area contributed by atoms with E-state index in [9.17, 15) is 13.2 Å². The van der Waals surface area contributed by atoms with Crippen molar-refractivity contribution < 1.29 is 18.3 Å². The highest BCUT2D eigenvalue weighted by molar-refractivity contribution is 7.89. The van der Waals surface area contributed by atoms with Crippen molar-refractivity contribution in [2.75, 3.05) is 0 Å². The van der Waals surface area contributed by atoms with Gasteiger partial charge in [-0.2, -0.15) is 0 Å². The molecule has 1 aromatic carbocycles. The zero-order valence-corrected chi connectivity index (χ0v) is 14.0. The average Bonchev–Trinajstić information content (AvgIpc) is 2.34. The van der Waals surface area contributed by atoms with Gasteiger partial charge in [-0.05, 0) is 25.5 Å². The monoisotopic (exact) mass is 353 g/mol. The molecule has 0 aliphatic carbocycles. The first-order valence-electron chi connectivity index (χ1n) is 6.43. The highest BCUT2D eigenvalue weighted by Crippen LogP contribution is 2.29. The lowest BCUT2D eigenvalue weighted by Gasteiger charge is -2.15. The number of rotatable bonds is 7. The van der Waals surface area contributed by atoms with Crippen molar-refractivity contribution in [3.05, 3.63) is 27.7 Å². The Balaban J connectivity index is 3.13. The molecule has 0 bridgehead atoms. The van der Waals surface area contributed by atoms with Gasteiger partial charge in [-0.15, -0.1) is 0 Å². The molecule has 0 saturated carbocycles. The molecule has 21 heavy (non-hydrogen) atoms. The maximum Gasteiger partial charge on any atom is 0.337 e. The van der Waals surface area contributed by atoms with Crippen LogP contribution in [0.25, 0.3) is 0 Å². The molecule has 0 radical (unpaired) electrons. The van der Waals surface area contributed by atoms with E-state index >= 15 is 0 Å². The molecule has 1 atom stereocenters.